The van der Waals surface area contributed by atoms with E-state index in [1.165, 1.54) is 61.6 Å². The monoisotopic (exact) mass is 1940 g/mol. The zero-order valence-corrected chi connectivity index (χ0v) is 76.6. The van der Waals surface area contributed by atoms with Gasteiger partial charge >= 0.3 is 12.4 Å². The molecule has 0 spiro atoms. The molecule has 8 aromatic carbocycles. The molecule has 0 unspecified atom stereocenters. The molecule has 1 saturated carbocycles. The van der Waals surface area contributed by atoms with Gasteiger partial charge in [0.2, 0.25) is 23.8 Å². The normalized spacial score (nSPS) is 15.9. The molecule has 8 heterocycles. The Bertz CT molecular complexity index is 6650. The highest BCUT2D eigenvalue weighted by Crippen LogP contribution is 2.44. The lowest BCUT2D eigenvalue weighted by molar-refractivity contribution is -0.138. The second kappa shape index (κ2) is 44.6. The average molecular weight is 1940 g/mol. The SMILES string of the molecule is COc1cc2c(cc1N1CCOCC1=O)nc(NC(=O)c1cccc(C(F)(F)F)c1)n2[C@H](C)CCO.COc1cc2c(cc1N1CCOCC1=O)nc(NC(=O)c1cccc(C(F)F)c1)n2[C@H](C)CCO.C[C@H](CCO)n1c(NC(=O)c2cccc(C#N)c2)nc2cc(N3CCOCC3=O)ccc21.O=C(Nc1nc2cc(N3CCOCC3=O)ccc2n1C1(CO)CCCCC1)c1cccc(C(F)(F)F)c1. The van der Waals surface area contributed by atoms with Crippen LogP contribution in [0.25, 0.3) is 44.1 Å². The fourth-order valence-corrected chi connectivity index (χ4v) is 17.3. The van der Waals surface area contributed by atoms with Gasteiger partial charge in [0.25, 0.3) is 53.7 Å². The van der Waals surface area contributed by atoms with Gasteiger partial charge in [-0.2, -0.15) is 31.6 Å². The Balaban J connectivity index is 0.000000149. The van der Waals surface area contributed by atoms with Crippen LogP contribution in [-0.4, -0.2) is 226 Å². The summed E-state index contributed by atoms with van der Waals surface area (Å²) in [6, 6.07) is 38.8. The first kappa shape index (κ1) is 102. The number of alkyl halides is 8. The lowest BCUT2D eigenvalue weighted by atomic mass is 9.82. The quantitative estimate of drug-likeness (QED) is 0.0233. The molecule has 12 aromatic rings. The summed E-state index contributed by atoms with van der Waals surface area (Å²) < 4.78 is 144. The summed E-state index contributed by atoms with van der Waals surface area (Å²) in [5, 5.41) is 58.9. The van der Waals surface area contributed by atoms with Crippen LogP contribution >= 0.6 is 0 Å². The van der Waals surface area contributed by atoms with Crippen molar-refractivity contribution in [2.45, 2.75) is 115 Å². The number of nitrogens with one attached hydrogen (secondary N) is 4. The summed E-state index contributed by atoms with van der Waals surface area (Å²) >= 11 is 0. The number of nitrogens with zero attached hydrogens (tertiary/aromatic N) is 13. The fraction of sp³-hybridized carbons (Fsp3) is 0.371. The molecule has 35 nitrogen and oxygen atoms in total. The van der Waals surface area contributed by atoms with Crippen LogP contribution in [0.1, 0.15) is 160 Å². The zero-order valence-electron chi connectivity index (χ0n) is 76.6. The van der Waals surface area contributed by atoms with E-state index in [-0.39, 0.29) is 135 Å². The van der Waals surface area contributed by atoms with Crippen molar-refractivity contribution in [2.75, 3.05) is 161 Å². The molecule has 43 heteroatoms. The molecular weight excluding hydrogens is 1840 g/mol. The highest BCUT2D eigenvalue weighted by molar-refractivity contribution is 6.09. The Hall–Kier alpha value is -14.4. The number of carbonyl (C=O) groups is 8. The molecule has 3 atom stereocenters. The number of nitriles is 1. The van der Waals surface area contributed by atoms with Gasteiger partial charge in [-0.25, -0.2) is 28.7 Å². The van der Waals surface area contributed by atoms with Crippen LogP contribution in [0.4, 0.5) is 81.7 Å². The van der Waals surface area contributed by atoms with E-state index in [0.717, 1.165) is 61.2 Å². The summed E-state index contributed by atoms with van der Waals surface area (Å²) in [6.07, 6.45) is -6.62. The highest BCUT2D eigenvalue weighted by atomic mass is 19.4. The maximum absolute atomic E-state index is 13.2. The molecule has 8 amide bonds. The summed E-state index contributed by atoms with van der Waals surface area (Å²) in [5.41, 5.74) is 4.57. The molecule has 4 aromatic heterocycles. The summed E-state index contributed by atoms with van der Waals surface area (Å²) in [6.45, 7) is 8.23. The molecule has 5 fully saturated rings. The minimum atomic E-state index is -4.59. The molecule has 1 aliphatic carbocycles. The lowest BCUT2D eigenvalue weighted by Gasteiger charge is -2.38. The van der Waals surface area contributed by atoms with Gasteiger partial charge in [0.05, 0.1) is 131 Å². The van der Waals surface area contributed by atoms with E-state index >= 15 is 0 Å². The number of methoxy groups -OCH3 is 2. The van der Waals surface area contributed by atoms with Crippen molar-refractivity contribution in [1.82, 2.24) is 38.2 Å². The van der Waals surface area contributed by atoms with Crippen molar-refractivity contribution >= 4 is 138 Å². The van der Waals surface area contributed by atoms with E-state index in [9.17, 15) is 93.9 Å². The Morgan fingerprint density at radius 2 is 0.800 bits per heavy atom. The minimum absolute atomic E-state index is 0.0151. The van der Waals surface area contributed by atoms with Gasteiger partial charge in [-0.1, -0.05) is 49.6 Å². The van der Waals surface area contributed by atoms with Gasteiger partial charge < -0.3 is 86.7 Å². The molecule has 4 saturated heterocycles. The highest BCUT2D eigenvalue weighted by Gasteiger charge is 2.40. The number of fused-ring (bicyclic) bond motifs is 4. The molecular formula is C97H101F8N17O18. The molecule has 140 heavy (non-hydrogen) atoms. The van der Waals surface area contributed by atoms with Gasteiger partial charge in [-0.3, -0.25) is 59.6 Å². The Morgan fingerprint density at radius 3 is 1.19 bits per heavy atom. The molecule has 738 valence electrons. The number of rotatable bonds is 26. The van der Waals surface area contributed by atoms with Crippen molar-refractivity contribution < 1.29 is 122 Å². The Labute approximate surface area is 795 Å². The van der Waals surface area contributed by atoms with Gasteiger partial charge in [0.1, 0.15) is 37.9 Å². The number of hydrogen-bond acceptors (Lipinski definition) is 23. The van der Waals surface area contributed by atoms with Crippen LogP contribution in [0.2, 0.25) is 0 Å². The standard InChI is InChI=1S/C26H27F3N4O4.C24H25F3N4O5.C24H26F2N4O5.C23H23N5O4/c27-26(28,29)18-6-4-5-17(13-18)23(36)31-24-30-20-14-19(32-11-12-37-15-22(32)35)7-8-21(20)33(24)25(16-34)9-2-1-3-10-25;1-14(6-8-32)31-18-12-20(35-2)19(30-7-9-36-13-21(30)33)11-17(18)28-23(31)29-22(34)15-4-3-5-16(10-15)24(25,26)27;1-14(6-8-31)30-18-12-20(34-2)19(29-7-9-35-13-21(29)32)11-17(18)27-24(30)28-23(33)16-5-3-4-15(10-16)22(25)26;1-15(7-9-29)28-20-6-5-18(27-8-10-32-14-21(27)30)12-19(20)25-23(28)26-22(31)17-4-2-3-16(11-17)13-24/h4-8,13-14,34H,1-3,9-12,15-16H2,(H,30,31,36);3-5,10-12,14,32H,6-9,13H2,1-2H3,(H,28,29,34);3-5,10-12,14,22,31H,6-9,13H2,1-2H3,(H,27,28,33);2-6,11-12,15,29H,7-10,14H2,1H3,(H,25,26,31)/t;2*14-;15-/m.111/s1. The summed E-state index contributed by atoms with van der Waals surface area (Å²) in [4.78, 5) is 126. The molecule has 4 aliphatic heterocycles. The third kappa shape index (κ3) is 22.8. The number of hydrogen-bond donors (Lipinski definition) is 8. The average Bonchev–Trinajstić information content (AvgIpc) is 1.58. The van der Waals surface area contributed by atoms with E-state index in [1.807, 2.05) is 49.6 Å². The predicted molar refractivity (Wildman–Crippen MR) is 499 cm³/mol. The number of carbonyl (C=O) groups excluding carboxylic acids is 8. The second-order valence-corrected chi connectivity index (χ2v) is 33.6. The van der Waals surface area contributed by atoms with Crippen LogP contribution in [0.5, 0.6) is 11.5 Å². The van der Waals surface area contributed by atoms with Crippen LogP contribution < -0.4 is 50.3 Å². The number of aromatic nitrogens is 8. The van der Waals surface area contributed by atoms with E-state index in [1.54, 1.807) is 89.1 Å². The van der Waals surface area contributed by atoms with E-state index in [4.69, 9.17) is 33.7 Å². The predicted octanol–water partition coefficient (Wildman–Crippen LogP) is 14.0. The van der Waals surface area contributed by atoms with Gasteiger partial charge in [-0.15, -0.1) is 0 Å². The van der Waals surface area contributed by atoms with Crippen LogP contribution in [-0.2, 0) is 56.0 Å². The first-order valence-corrected chi connectivity index (χ1v) is 44.9. The number of morpholine rings is 4. The van der Waals surface area contributed by atoms with E-state index in [2.05, 4.69) is 41.2 Å². The third-order valence-electron chi connectivity index (χ3n) is 24.4. The van der Waals surface area contributed by atoms with Crippen LogP contribution in [0.15, 0.2) is 158 Å². The third-order valence-corrected chi connectivity index (χ3v) is 24.4. The minimum Gasteiger partial charge on any atom is -0.494 e. The lowest BCUT2D eigenvalue weighted by Crippen LogP contribution is -2.41. The molecule has 8 N–H and O–H groups in total. The summed E-state index contributed by atoms with van der Waals surface area (Å²) in [5.74, 6) is -1.69. The largest absolute Gasteiger partial charge is 0.494 e. The number of amides is 8. The number of ether oxygens (including phenoxy) is 6. The van der Waals surface area contributed by atoms with Crippen molar-refractivity contribution in [3.8, 4) is 17.6 Å². The maximum atomic E-state index is 13.2. The van der Waals surface area contributed by atoms with Crippen LogP contribution in [0.3, 0.4) is 0 Å². The van der Waals surface area contributed by atoms with Gasteiger partial charge in [0, 0.05) is 115 Å². The van der Waals surface area contributed by atoms with Gasteiger partial charge in [-0.05, 0) is 168 Å². The maximum Gasteiger partial charge on any atom is 0.416 e. The number of aliphatic hydroxyl groups excluding tert-OH is 4. The first-order chi connectivity index (χ1) is 67.2. The van der Waals surface area contributed by atoms with Crippen molar-refractivity contribution in [3.63, 3.8) is 0 Å². The van der Waals surface area contributed by atoms with Crippen molar-refractivity contribution in [2.24, 2.45) is 0 Å². The van der Waals surface area contributed by atoms with E-state index in [0.29, 0.717) is 175 Å². The Kier molecular flexibility index (Phi) is 32.3. The number of imidazole rings is 4. The molecule has 17 rings (SSSR count). The fourth-order valence-electron chi connectivity index (χ4n) is 17.3. The van der Waals surface area contributed by atoms with Crippen molar-refractivity contribution in [3.05, 3.63) is 202 Å². The molecule has 0 bridgehead atoms. The first-order valence-electron chi connectivity index (χ1n) is 44.9. The smallest absolute Gasteiger partial charge is 0.416 e. The van der Waals surface area contributed by atoms with Crippen molar-refractivity contribution in [1.29, 1.82) is 5.26 Å². The molecule has 5 aliphatic rings. The second-order valence-electron chi connectivity index (χ2n) is 33.6. The zero-order chi connectivity index (χ0) is 100. The number of anilines is 8. The van der Waals surface area contributed by atoms with Crippen LogP contribution in [0, 0.1) is 11.3 Å². The Morgan fingerprint density at radius 1 is 0.443 bits per heavy atom. The van der Waals surface area contributed by atoms with Gasteiger partial charge in [0.15, 0.2) is 0 Å². The topological polar surface area (TPSA) is 429 Å². The number of benzene rings is 8. The number of halogens is 8. The molecule has 0 radical (unpaired) electrons. The van der Waals surface area contributed by atoms with E-state index < -0.39 is 59.1 Å². The summed E-state index contributed by atoms with van der Waals surface area (Å²) in [7, 11) is 2.95. The number of aliphatic hydroxyl groups is 4.